The van der Waals surface area contributed by atoms with E-state index in [1.807, 2.05) is 0 Å². The Morgan fingerprint density at radius 2 is 2.23 bits per heavy atom. The first-order chi connectivity index (χ1) is 6.40. The van der Waals surface area contributed by atoms with Gasteiger partial charge in [-0.3, -0.25) is 9.97 Å². The minimum absolute atomic E-state index is 0.589. The van der Waals surface area contributed by atoms with E-state index in [2.05, 4.69) is 15.1 Å². The molecular weight excluding hydrogens is 206 g/mol. The summed E-state index contributed by atoms with van der Waals surface area (Å²) in [5.74, 6) is 0. The summed E-state index contributed by atoms with van der Waals surface area (Å²) in [5, 5.41) is 11.6. The lowest BCUT2D eigenvalue weighted by Gasteiger charge is -1.90. The predicted octanol–water partition coefficient (Wildman–Crippen LogP) is 1.56. The van der Waals surface area contributed by atoms with Gasteiger partial charge in [-0.2, -0.15) is 0 Å². The molecule has 0 saturated heterocycles. The maximum absolute atomic E-state index is 8.50. The van der Waals surface area contributed by atoms with Gasteiger partial charge in [0.05, 0.1) is 16.8 Å². The Morgan fingerprint density at radius 1 is 1.31 bits per heavy atom. The molecule has 6 heteroatoms. The fourth-order valence-electron chi connectivity index (χ4n) is 0.836. The van der Waals surface area contributed by atoms with Crippen molar-refractivity contribution < 1.29 is 5.21 Å². The Morgan fingerprint density at radius 3 is 2.85 bits per heavy atom. The fourth-order valence-corrected chi connectivity index (χ4v) is 2.81. The zero-order valence-corrected chi connectivity index (χ0v) is 8.05. The molecule has 0 aliphatic rings. The molecule has 13 heavy (non-hydrogen) atoms. The number of nitrogens with zero attached hydrogens (tertiary/aromatic N) is 3. The van der Waals surface area contributed by atoms with Gasteiger partial charge in [0.25, 0.3) is 0 Å². The van der Waals surface area contributed by atoms with Gasteiger partial charge in [-0.05, 0) is 6.07 Å². The van der Waals surface area contributed by atoms with Gasteiger partial charge in [0.15, 0.2) is 4.67 Å². The van der Waals surface area contributed by atoms with Gasteiger partial charge < -0.3 is 5.21 Å². The van der Waals surface area contributed by atoms with E-state index in [4.69, 9.17) is 5.21 Å². The molecule has 0 aliphatic carbocycles. The van der Waals surface area contributed by atoms with Crippen molar-refractivity contribution in [1.82, 2.24) is 9.97 Å². The van der Waals surface area contributed by atoms with Crippen LogP contribution in [0.1, 0.15) is 0 Å². The van der Waals surface area contributed by atoms with Crippen molar-refractivity contribution in [3.8, 4) is 10.6 Å². The van der Waals surface area contributed by atoms with Gasteiger partial charge in [0.2, 0.25) is 0 Å². The topological polar surface area (TPSA) is 58.4 Å². The Hall–Kier alpha value is -1.27. The zero-order chi connectivity index (χ0) is 9.10. The average molecular weight is 211 g/mol. The van der Waals surface area contributed by atoms with Crippen LogP contribution in [0.5, 0.6) is 0 Å². The van der Waals surface area contributed by atoms with Crippen molar-refractivity contribution in [3.05, 3.63) is 29.3 Å². The smallest absolute Gasteiger partial charge is 0.166 e. The Balaban J connectivity index is 2.48. The van der Waals surface area contributed by atoms with E-state index < -0.39 is 0 Å². The molecule has 0 atom stereocenters. The van der Waals surface area contributed by atoms with Gasteiger partial charge in [-0.25, -0.2) is 0 Å². The van der Waals surface area contributed by atoms with E-state index in [9.17, 15) is 0 Å². The standard InChI is InChI=1S/C7H5N3OS2/c11-10-7-3-6(12-13-7)5-4-8-1-2-9-5/h1-4,11H/b10-7-. The molecule has 2 rings (SSSR count). The van der Waals surface area contributed by atoms with Crippen LogP contribution >= 0.6 is 20.7 Å². The Bertz CT molecular complexity index is 448. The molecule has 0 bridgehead atoms. The molecule has 0 radical (unpaired) electrons. The summed E-state index contributed by atoms with van der Waals surface area (Å²) < 4.78 is 0.589. The monoisotopic (exact) mass is 211 g/mol. The van der Waals surface area contributed by atoms with Gasteiger partial charge in [0, 0.05) is 12.4 Å². The first kappa shape index (κ1) is 8.33. The number of aromatic nitrogens is 2. The molecule has 0 aliphatic heterocycles. The molecule has 2 heterocycles. The highest BCUT2D eigenvalue weighted by atomic mass is 32.9. The maximum Gasteiger partial charge on any atom is 0.166 e. The van der Waals surface area contributed by atoms with E-state index >= 15 is 0 Å². The van der Waals surface area contributed by atoms with Crippen LogP contribution in [0.3, 0.4) is 0 Å². The highest BCUT2D eigenvalue weighted by Crippen LogP contribution is 2.21. The van der Waals surface area contributed by atoms with Gasteiger partial charge >= 0.3 is 0 Å². The molecule has 0 spiro atoms. The molecule has 2 aromatic rings. The summed E-state index contributed by atoms with van der Waals surface area (Å²) in [5.41, 5.74) is 0.804. The van der Waals surface area contributed by atoms with E-state index in [0.717, 1.165) is 10.6 Å². The highest BCUT2D eigenvalue weighted by Gasteiger charge is 2.01. The van der Waals surface area contributed by atoms with E-state index in [1.165, 1.54) is 20.7 Å². The summed E-state index contributed by atoms with van der Waals surface area (Å²) >= 11 is 0. The summed E-state index contributed by atoms with van der Waals surface area (Å²) in [4.78, 5) is 9.04. The van der Waals surface area contributed by atoms with Crippen LogP contribution < -0.4 is 4.67 Å². The maximum atomic E-state index is 8.50. The number of hydrogen-bond donors (Lipinski definition) is 1. The van der Waals surface area contributed by atoms with E-state index in [0.29, 0.717) is 4.67 Å². The molecule has 0 aromatic carbocycles. The second-order valence-electron chi connectivity index (χ2n) is 2.20. The molecule has 0 fully saturated rings. The first-order valence-electron chi connectivity index (χ1n) is 3.45. The quantitative estimate of drug-likeness (QED) is 0.442. The molecular formula is C7H5N3OS2. The molecule has 2 aromatic heterocycles. The molecule has 0 amide bonds. The van der Waals surface area contributed by atoms with Crippen LogP contribution in [0.15, 0.2) is 29.8 Å². The number of hydrogen-bond acceptors (Lipinski definition) is 6. The Labute approximate surface area is 81.2 Å². The normalized spacial score (nSPS) is 11.8. The second kappa shape index (κ2) is 3.63. The van der Waals surface area contributed by atoms with Crippen LogP contribution in [-0.4, -0.2) is 15.2 Å². The summed E-state index contributed by atoms with van der Waals surface area (Å²) in [6.45, 7) is 0. The minimum atomic E-state index is 0.589. The van der Waals surface area contributed by atoms with Gasteiger partial charge in [-0.15, -0.1) is 0 Å². The van der Waals surface area contributed by atoms with Crippen LogP contribution in [0, 0.1) is 0 Å². The van der Waals surface area contributed by atoms with E-state index in [-0.39, 0.29) is 0 Å². The predicted molar refractivity (Wildman–Crippen MR) is 50.6 cm³/mol. The third-order valence-corrected chi connectivity index (χ3v) is 3.65. The van der Waals surface area contributed by atoms with Crippen molar-refractivity contribution in [2.45, 2.75) is 0 Å². The first-order valence-corrected chi connectivity index (χ1v) is 5.60. The van der Waals surface area contributed by atoms with E-state index in [1.54, 1.807) is 24.7 Å². The largest absolute Gasteiger partial charge is 0.410 e. The van der Waals surface area contributed by atoms with Crippen LogP contribution in [0.4, 0.5) is 0 Å². The van der Waals surface area contributed by atoms with Crippen molar-refractivity contribution >= 4 is 20.7 Å². The average Bonchev–Trinajstić information content (AvgIpc) is 2.67. The molecule has 0 unspecified atom stereocenters. The molecule has 1 N–H and O–H groups in total. The summed E-state index contributed by atoms with van der Waals surface area (Å²) in [6.07, 6.45) is 4.94. The van der Waals surface area contributed by atoms with Gasteiger partial charge in [-0.1, -0.05) is 25.8 Å². The van der Waals surface area contributed by atoms with Crippen LogP contribution in [0.25, 0.3) is 10.6 Å². The SMILES string of the molecule is O/N=c1/cc(-c2cnccn2)ss1. The third-order valence-electron chi connectivity index (χ3n) is 1.39. The minimum Gasteiger partial charge on any atom is -0.410 e. The molecule has 4 nitrogen and oxygen atoms in total. The molecule has 0 saturated carbocycles. The molecule has 66 valence electrons. The zero-order valence-electron chi connectivity index (χ0n) is 6.41. The number of rotatable bonds is 1. The third kappa shape index (κ3) is 1.73. The van der Waals surface area contributed by atoms with Gasteiger partial charge in [0.1, 0.15) is 0 Å². The van der Waals surface area contributed by atoms with Crippen LogP contribution in [-0.2, 0) is 0 Å². The van der Waals surface area contributed by atoms with Crippen molar-refractivity contribution in [2.24, 2.45) is 5.16 Å². The van der Waals surface area contributed by atoms with Crippen molar-refractivity contribution in [2.75, 3.05) is 0 Å². The second-order valence-corrected chi connectivity index (χ2v) is 4.40. The lowest BCUT2D eigenvalue weighted by Crippen LogP contribution is -1.88. The summed E-state index contributed by atoms with van der Waals surface area (Å²) in [7, 11) is 2.91. The van der Waals surface area contributed by atoms with Crippen molar-refractivity contribution in [3.63, 3.8) is 0 Å². The fraction of sp³-hybridized carbons (Fsp3) is 0. The summed E-state index contributed by atoms with van der Waals surface area (Å²) in [6, 6.07) is 1.78. The lowest BCUT2D eigenvalue weighted by molar-refractivity contribution is 0.304. The highest BCUT2D eigenvalue weighted by molar-refractivity contribution is 7.69. The van der Waals surface area contributed by atoms with Crippen LogP contribution in [0.2, 0.25) is 0 Å². The van der Waals surface area contributed by atoms with Crippen molar-refractivity contribution in [1.29, 1.82) is 0 Å². The Kier molecular flexibility index (Phi) is 2.33. The lowest BCUT2D eigenvalue weighted by atomic mass is 10.4.